The molecule has 18 rings (SSSR count). The van der Waals surface area contributed by atoms with Crippen LogP contribution in [0.5, 0.6) is 0 Å². The van der Waals surface area contributed by atoms with E-state index in [0.29, 0.717) is 107 Å². The van der Waals surface area contributed by atoms with Gasteiger partial charge in [-0.1, -0.05) is 457 Å². The Balaban J connectivity index is 0.000000318. The van der Waals surface area contributed by atoms with Crippen LogP contribution in [0.4, 0.5) is 17.6 Å². The molecule has 18 aliphatic rings. The summed E-state index contributed by atoms with van der Waals surface area (Å²) in [5, 5.41) is 0. The first-order valence-electron chi connectivity index (χ1n) is 63.1. The summed E-state index contributed by atoms with van der Waals surface area (Å²) in [5.74, 6) is 6.82. The van der Waals surface area contributed by atoms with Crippen LogP contribution in [-0.4, -0.2) is 11.8 Å². The van der Waals surface area contributed by atoms with Crippen molar-refractivity contribution in [2.45, 2.75) is 713 Å². The van der Waals surface area contributed by atoms with Crippen LogP contribution in [-0.2, 0) is 0 Å². The van der Waals surface area contributed by atoms with Gasteiger partial charge < -0.3 is 0 Å². The second kappa shape index (κ2) is 57.8. The first kappa shape index (κ1) is 133. The van der Waals surface area contributed by atoms with Gasteiger partial charge in [-0.15, -0.1) is 0 Å². The predicted octanol–water partition coefficient (Wildman–Crippen LogP) is 49.0. The maximum atomic E-state index is 12.5. The number of hydrogen-bond donors (Lipinski definition) is 0. The van der Waals surface area contributed by atoms with E-state index < -0.39 is 11.8 Å². The van der Waals surface area contributed by atoms with Crippen molar-refractivity contribution >= 4 is 0 Å². The van der Waals surface area contributed by atoms with Gasteiger partial charge in [-0.3, -0.25) is 0 Å². The summed E-state index contributed by atoms with van der Waals surface area (Å²) in [6, 6.07) is 0. The van der Waals surface area contributed by atoms with Crippen LogP contribution in [0.2, 0.25) is 0 Å². The minimum Gasteiger partial charge on any atom is -0.207 e. The molecule has 141 heavy (non-hydrogen) atoms. The standard InChI is InChI=1S/C16H30.C14H26.C13H26.C12H22.C11H22.C10H20.C9H18.C8H14F2.C8H16.C7H12F2.2C7H14.C6H12.C5H10.C4H8/c1-13-6-8-16(9-7-13)11-14(2,3)10-15(4,5)12-16;1-12-4-6-14(7-5-12)10-8-13(2,3)9-11-14;1-10-12(4,5)8-11(2,3)9-13(10,6)7;1-11-5-9-12(10-6-11)7-3-2-4-8-12;1-9-6-10(2,3)8-11(4,5)7-9;1-9(2)5-7-10(3,4)8-6-9;1-8-4-6-9(2,3)7-5-8;1-7(2)3-5-8(9,10)6-4-7;1-8(2)6-4-3-5-7-8;1-6-2-4-7(8,9)5-3-6;1-6-4-7(2,3)5-6;1-7-5-3-2-4-6-7;1-6-4-2-3-5-6;1-5-3-2-4-5;1-4-2-3-4/h13H,6-12H2,1-5H3;12H,4-11H2,1-3H3;10H,8-9H2,1-7H3;11H,2-10H2,1H3;9H,6-8H2,1-5H3;5-8H2,1-4H3;8H,4-7H2,1-3H3;3-6H2,1-2H3;3-7H2,1-2H3;6H,2-5H2,1H3;6H,4-5H2,1-3H3;7H,2-6H2,1H3;6H,2-5H2,1H3;5H,2-4H2,1H3;4H,2-3H2,1H3. The molecule has 18 saturated carbocycles. The van der Waals surface area contributed by atoms with Gasteiger partial charge >= 0.3 is 0 Å². The minimum absolute atomic E-state index is 0.0833. The van der Waals surface area contributed by atoms with E-state index in [1.54, 1.807) is 25.7 Å². The third-order valence-corrected chi connectivity index (χ3v) is 41.0. The second-order valence-electron chi connectivity index (χ2n) is 66.9. The lowest BCUT2D eigenvalue weighted by molar-refractivity contribution is -0.0599. The third kappa shape index (κ3) is 58.0. The Morgan fingerprint density at radius 1 is 0.135 bits per heavy atom. The van der Waals surface area contributed by atoms with Crippen molar-refractivity contribution in [2.24, 2.45) is 163 Å². The maximum Gasteiger partial charge on any atom is 0.248 e. The van der Waals surface area contributed by atoms with E-state index in [2.05, 4.69) is 270 Å². The van der Waals surface area contributed by atoms with Gasteiger partial charge in [0.15, 0.2) is 0 Å². The Morgan fingerprint density at radius 3 is 0.582 bits per heavy atom. The molecule has 0 nitrogen and oxygen atoms in total. The lowest BCUT2D eigenvalue weighted by Crippen LogP contribution is -2.45. The molecule has 0 amide bonds. The highest BCUT2D eigenvalue weighted by Crippen LogP contribution is 2.62. The van der Waals surface area contributed by atoms with Crippen LogP contribution < -0.4 is 0 Å². The summed E-state index contributed by atoms with van der Waals surface area (Å²) in [6.45, 7) is 95.1. The maximum absolute atomic E-state index is 12.5. The number of hydrogen-bond acceptors (Lipinski definition) is 0. The van der Waals surface area contributed by atoms with E-state index in [4.69, 9.17) is 0 Å². The Morgan fingerprint density at radius 2 is 0.348 bits per heavy atom. The molecule has 0 aromatic heterocycles. The van der Waals surface area contributed by atoms with E-state index in [0.717, 1.165) is 75.9 Å². The van der Waals surface area contributed by atoms with Crippen molar-refractivity contribution in [3.05, 3.63) is 0 Å². The molecule has 18 fully saturated rings. The molecule has 3 spiro atoms. The van der Waals surface area contributed by atoms with Gasteiger partial charge in [0.25, 0.3) is 0 Å². The molecule has 0 radical (unpaired) electrons. The normalized spacial score (nSPS) is 29.7. The van der Waals surface area contributed by atoms with Gasteiger partial charge in [0.2, 0.25) is 11.8 Å². The van der Waals surface area contributed by atoms with Gasteiger partial charge in [-0.05, 0) is 381 Å². The van der Waals surface area contributed by atoms with Crippen molar-refractivity contribution in [2.75, 3.05) is 0 Å². The summed E-state index contributed by atoms with van der Waals surface area (Å²) in [4.78, 5) is 0. The molecule has 0 aliphatic heterocycles. The van der Waals surface area contributed by atoms with Crippen molar-refractivity contribution in [1.29, 1.82) is 0 Å². The number of alkyl halides is 4. The van der Waals surface area contributed by atoms with Gasteiger partial charge in [-0.2, -0.15) is 0 Å². The molecule has 0 aromatic rings. The van der Waals surface area contributed by atoms with E-state index in [1.807, 2.05) is 6.92 Å². The topological polar surface area (TPSA) is 0 Å². The van der Waals surface area contributed by atoms with E-state index in [1.165, 1.54) is 347 Å². The fraction of sp³-hybridized carbons (Fsp3) is 1.00. The first-order chi connectivity index (χ1) is 64.3. The average Bonchev–Trinajstić information content (AvgIpc) is 1.67. The molecule has 4 heteroatoms. The lowest BCUT2D eigenvalue weighted by atomic mass is 9.51. The summed E-state index contributed by atoms with van der Waals surface area (Å²) in [5.41, 5.74) is 10.3. The highest BCUT2D eigenvalue weighted by atomic mass is 19.3. The van der Waals surface area contributed by atoms with Crippen LogP contribution in [0.3, 0.4) is 0 Å². The molecule has 0 aromatic carbocycles. The van der Waals surface area contributed by atoms with Crippen molar-refractivity contribution in [1.82, 2.24) is 0 Å². The second-order valence-corrected chi connectivity index (χ2v) is 66.9. The van der Waals surface area contributed by atoms with Gasteiger partial charge in [-0.25, -0.2) is 17.6 Å². The quantitative estimate of drug-likeness (QED) is 0.212. The van der Waals surface area contributed by atoms with Crippen molar-refractivity contribution in [3.63, 3.8) is 0 Å². The molecule has 0 unspecified atom stereocenters. The largest absolute Gasteiger partial charge is 0.248 e. The lowest BCUT2D eigenvalue weighted by Gasteiger charge is -2.54. The zero-order valence-corrected chi connectivity index (χ0v) is 105. The van der Waals surface area contributed by atoms with E-state index >= 15 is 0 Å². The average molecular weight is 1990 g/mol. The monoisotopic (exact) mass is 1990 g/mol. The Hall–Kier alpha value is -0.280. The molecule has 0 bridgehead atoms. The summed E-state index contributed by atoms with van der Waals surface area (Å²) in [7, 11) is 0. The Bertz CT molecular complexity index is 3040. The molecule has 0 heterocycles. The fourth-order valence-electron chi connectivity index (χ4n) is 31.2. The minimum atomic E-state index is -2.37. The Kier molecular flexibility index (Phi) is 54.5. The van der Waals surface area contributed by atoms with Crippen LogP contribution in [0.1, 0.15) is 701 Å². The first-order valence-corrected chi connectivity index (χ1v) is 63.1. The Labute approximate surface area is 887 Å². The highest BCUT2D eigenvalue weighted by Gasteiger charge is 2.51. The molecule has 0 saturated heterocycles. The van der Waals surface area contributed by atoms with Crippen LogP contribution in [0, 0.1) is 163 Å². The highest BCUT2D eigenvalue weighted by molar-refractivity contribution is 5.01. The predicted molar refractivity (Wildman–Crippen MR) is 625 cm³/mol. The molecular formula is C137H264F4. The summed E-state index contributed by atoms with van der Waals surface area (Å²) < 4.78 is 49.9. The van der Waals surface area contributed by atoms with E-state index in [9.17, 15) is 17.6 Å². The smallest absolute Gasteiger partial charge is 0.207 e. The van der Waals surface area contributed by atoms with Crippen LogP contribution >= 0.6 is 0 Å². The van der Waals surface area contributed by atoms with Crippen LogP contribution in [0.15, 0.2) is 0 Å². The molecule has 0 N–H and O–H groups in total. The van der Waals surface area contributed by atoms with Gasteiger partial charge in [0.1, 0.15) is 0 Å². The molecule has 18 aliphatic carbocycles. The zero-order valence-electron chi connectivity index (χ0n) is 105. The summed E-state index contributed by atoms with van der Waals surface area (Å²) >= 11 is 0. The van der Waals surface area contributed by atoms with Crippen molar-refractivity contribution in [3.8, 4) is 0 Å². The molecule has 0 atom stereocenters. The van der Waals surface area contributed by atoms with Gasteiger partial charge in [0, 0.05) is 25.7 Å². The van der Waals surface area contributed by atoms with Crippen molar-refractivity contribution < 1.29 is 17.6 Å². The van der Waals surface area contributed by atoms with Crippen LogP contribution in [0.25, 0.3) is 0 Å². The third-order valence-electron chi connectivity index (χ3n) is 41.0. The van der Waals surface area contributed by atoms with Gasteiger partial charge in [0.05, 0.1) is 0 Å². The zero-order chi connectivity index (χ0) is 107. The van der Waals surface area contributed by atoms with E-state index in [-0.39, 0.29) is 31.1 Å². The SMILES string of the molecule is CC1(C)CCC(C)(C)CC1.CC1(C)CCC(F)(F)CC1.CC1(C)CCCCC1.CC1C(C)(C)CC(C)(C)CC1(C)C.CC1CC(C)(C)C1.CC1CC(C)(C)CC(C)(C)C1.CC1CC1.CC1CCC(C)(C)CC1.CC1CCC(F)(F)CC1.CC1CCC1.CC1CCC2(CC1)CC(C)(C)CC(C)(C)C2.CC1CCC2(CC1)CCC(C)(C)CC2.CC1CCC2(CCCCC2)CC1.CC1CCCC1.CC1CCCCC1. The molecule has 840 valence electrons. The molecular weight excluding hydrogens is 1720 g/mol. The summed E-state index contributed by atoms with van der Waals surface area (Å²) in [6.07, 6.45) is 88.7. The fourth-order valence-corrected chi connectivity index (χ4v) is 31.2. The number of halogens is 4. The number of rotatable bonds is 0.